The van der Waals surface area contributed by atoms with Crippen molar-refractivity contribution in [2.75, 3.05) is 32.8 Å². The summed E-state index contributed by atoms with van der Waals surface area (Å²) in [6.45, 7) is 18.9. The van der Waals surface area contributed by atoms with Crippen LogP contribution >= 0.6 is 0 Å². The van der Waals surface area contributed by atoms with Gasteiger partial charge in [-0.25, -0.2) is 9.18 Å². The molecule has 11 nitrogen and oxygen atoms in total. The van der Waals surface area contributed by atoms with Crippen LogP contribution in [0.2, 0.25) is 0 Å². The van der Waals surface area contributed by atoms with E-state index in [0.717, 1.165) is 25.8 Å². The minimum atomic E-state index is -1.02. The fourth-order valence-corrected chi connectivity index (χ4v) is 10.4. The van der Waals surface area contributed by atoms with Gasteiger partial charge in [-0.15, -0.1) is 0 Å². The van der Waals surface area contributed by atoms with Gasteiger partial charge in [0.2, 0.25) is 5.91 Å². The van der Waals surface area contributed by atoms with Crippen molar-refractivity contribution in [2.45, 2.75) is 141 Å². The van der Waals surface area contributed by atoms with E-state index in [1.807, 2.05) is 16.7 Å². The van der Waals surface area contributed by atoms with E-state index in [4.69, 9.17) is 9.47 Å². The summed E-state index contributed by atoms with van der Waals surface area (Å²) >= 11 is 0. The number of carbonyl (C=O) groups is 2. The maximum atomic E-state index is 16.2. The number of rotatable bonds is 5. The molecule has 3 amide bonds. The van der Waals surface area contributed by atoms with Crippen LogP contribution in [0.25, 0.3) is 0 Å². The molecule has 15 atom stereocenters. The number of aliphatic hydroxyl groups is 1. The average Bonchev–Trinajstić information content (AvgIpc) is 3.06. The van der Waals surface area contributed by atoms with Crippen LogP contribution in [0.5, 0.6) is 0 Å². The van der Waals surface area contributed by atoms with E-state index in [9.17, 15) is 14.7 Å². The van der Waals surface area contributed by atoms with E-state index in [0.29, 0.717) is 32.5 Å². The summed E-state index contributed by atoms with van der Waals surface area (Å²) in [5.41, 5.74) is 0. The maximum absolute atomic E-state index is 16.2. The lowest BCUT2D eigenvalue weighted by atomic mass is 9.69. The van der Waals surface area contributed by atoms with E-state index >= 15 is 4.39 Å². The van der Waals surface area contributed by atoms with Crippen LogP contribution in [0.3, 0.4) is 0 Å². The van der Waals surface area contributed by atoms with E-state index in [1.54, 1.807) is 0 Å². The third-order valence-corrected chi connectivity index (χ3v) is 12.7. The number of carbonyl (C=O) groups excluding carboxylic acids is 2. The maximum Gasteiger partial charge on any atom is 0.320 e. The van der Waals surface area contributed by atoms with Gasteiger partial charge in [0.1, 0.15) is 12.3 Å². The molecule has 1 saturated carbocycles. The van der Waals surface area contributed by atoms with Crippen molar-refractivity contribution >= 4 is 11.9 Å². The van der Waals surface area contributed by atoms with Gasteiger partial charge in [0.25, 0.3) is 0 Å². The van der Waals surface area contributed by atoms with E-state index in [1.165, 1.54) is 6.08 Å². The molecule has 6 aliphatic rings. The number of halogens is 1. The van der Waals surface area contributed by atoms with Crippen LogP contribution in [-0.2, 0) is 14.3 Å². The Labute approximate surface area is 286 Å². The SMILES string of the molecule is C=CC(=O)N1C[C@H](C)N(C2NC(=O)N3C4NC(C(C)CC42)C2C(F)CCCC2OCC(OCC)C(O)C2CCNC(C(C)C)C23)C[C@H]1C. The predicted octanol–water partition coefficient (Wildman–Crippen LogP) is 2.69. The van der Waals surface area contributed by atoms with Crippen LogP contribution in [0.1, 0.15) is 73.6 Å². The predicted molar refractivity (Wildman–Crippen MR) is 182 cm³/mol. The van der Waals surface area contributed by atoms with Crippen LogP contribution in [0.15, 0.2) is 12.7 Å². The number of hydrogen-bond donors (Lipinski definition) is 4. The van der Waals surface area contributed by atoms with Gasteiger partial charge in [-0.1, -0.05) is 27.4 Å². The fourth-order valence-electron chi connectivity index (χ4n) is 10.4. The van der Waals surface area contributed by atoms with Crippen LogP contribution in [-0.4, -0.2) is 132 Å². The molecular weight excluding hydrogens is 615 g/mol. The average molecular weight is 677 g/mol. The summed E-state index contributed by atoms with van der Waals surface area (Å²) in [6.07, 6.45) is 1.49. The Morgan fingerprint density at radius 2 is 1.92 bits per heavy atom. The van der Waals surface area contributed by atoms with Gasteiger partial charge in [-0.05, 0) is 77.3 Å². The number of alkyl halides is 1. The van der Waals surface area contributed by atoms with Crippen LogP contribution < -0.4 is 16.0 Å². The third kappa shape index (κ3) is 6.54. The molecule has 13 unspecified atom stereocenters. The first-order valence-corrected chi connectivity index (χ1v) is 18.8. The second kappa shape index (κ2) is 14.8. The lowest BCUT2D eigenvalue weighted by Gasteiger charge is -2.61. The smallest absolute Gasteiger partial charge is 0.320 e. The second-order valence-corrected chi connectivity index (χ2v) is 16.0. The molecule has 5 saturated heterocycles. The molecule has 6 rings (SSSR count). The Kier molecular flexibility index (Phi) is 11.1. The van der Waals surface area contributed by atoms with Crippen molar-refractivity contribution in [1.82, 2.24) is 30.7 Å². The molecule has 1 aliphatic carbocycles. The first-order valence-electron chi connectivity index (χ1n) is 18.8. The minimum Gasteiger partial charge on any atom is -0.390 e. The lowest BCUT2D eigenvalue weighted by molar-refractivity contribution is -0.165. The number of nitrogens with zero attached hydrogens (tertiary/aromatic N) is 3. The van der Waals surface area contributed by atoms with Gasteiger partial charge in [-0.3, -0.25) is 15.0 Å². The van der Waals surface area contributed by atoms with Crippen molar-refractivity contribution in [3.63, 3.8) is 0 Å². The Hall–Kier alpha value is -1.83. The molecule has 12 heteroatoms. The number of piperidine rings is 2. The van der Waals surface area contributed by atoms with Crippen molar-refractivity contribution in [3.8, 4) is 0 Å². The number of nitrogens with one attached hydrogen (secondary N) is 3. The quantitative estimate of drug-likeness (QED) is 0.329. The molecule has 6 fully saturated rings. The number of ether oxygens (including phenoxy) is 2. The summed E-state index contributed by atoms with van der Waals surface area (Å²) in [5, 5.41) is 23.3. The van der Waals surface area contributed by atoms with Gasteiger partial charge in [-0.2, -0.15) is 0 Å². The number of amides is 3. The first-order chi connectivity index (χ1) is 23.0. The topological polar surface area (TPSA) is 119 Å². The minimum absolute atomic E-state index is 0.00820. The van der Waals surface area contributed by atoms with Crippen molar-refractivity contribution in [2.24, 2.45) is 29.6 Å². The summed E-state index contributed by atoms with van der Waals surface area (Å²) in [6, 6.07) is -0.768. The Balaban J connectivity index is 1.43. The standard InChI is InChI=1S/C36H61FN6O5/c1-8-28(44)41-16-22(7)42(17-21(41)6)34-24-15-20(5)31-29-25(37)11-10-12-26(29)48-18-27(47-9-2)33(45)23-13-14-38-30(19(3)4)32(23)43(35(24)39-31)36(46)40-34/h8,19-27,29-35,38-39,45H,1,9-18H2,2-7H3,(H,40,46)/t20?,21-,22+,23?,24?,25?,26?,27?,29?,30?,31?,32?,33?,34?,35?/m1/s1. The van der Waals surface area contributed by atoms with Gasteiger partial charge in [0.15, 0.2) is 0 Å². The molecule has 0 spiro atoms. The molecular formula is C36H61FN6O5. The van der Waals surface area contributed by atoms with Gasteiger partial charge in [0.05, 0.1) is 37.2 Å². The molecule has 0 aromatic heterocycles. The second-order valence-electron chi connectivity index (χ2n) is 16.0. The molecule has 2 bridgehead atoms. The lowest BCUT2D eigenvalue weighted by Crippen LogP contribution is -2.80. The molecule has 0 radical (unpaired) electrons. The summed E-state index contributed by atoms with van der Waals surface area (Å²) in [5.74, 6) is -0.378. The highest BCUT2D eigenvalue weighted by atomic mass is 19.1. The molecule has 0 aromatic carbocycles. The van der Waals surface area contributed by atoms with E-state index < -0.39 is 18.4 Å². The largest absolute Gasteiger partial charge is 0.390 e. The molecule has 272 valence electrons. The molecule has 5 aliphatic heterocycles. The normalized spacial score (nSPS) is 45.7. The highest BCUT2D eigenvalue weighted by Crippen LogP contribution is 2.45. The summed E-state index contributed by atoms with van der Waals surface area (Å²) < 4.78 is 29.0. The number of hydrogen-bond acceptors (Lipinski definition) is 8. The van der Waals surface area contributed by atoms with Crippen LogP contribution in [0.4, 0.5) is 9.18 Å². The zero-order valence-corrected chi connectivity index (χ0v) is 29.9. The van der Waals surface area contributed by atoms with Gasteiger partial charge >= 0.3 is 6.03 Å². The summed E-state index contributed by atoms with van der Waals surface area (Å²) in [4.78, 5) is 33.7. The van der Waals surface area contributed by atoms with E-state index in [2.05, 4.69) is 62.0 Å². The zero-order valence-electron chi connectivity index (χ0n) is 29.9. The van der Waals surface area contributed by atoms with Gasteiger partial charge in [0, 0.05) is 61.6 Å². The summed E-state index contributed by atoms with van der Waals surface area (Å²) in [7, 11) is 0. The highest BCUT2D eigenvalue weighted by Gasteiger charge is 2.58. The number of piperazine rings is 1. The Morgan fingerprint density at radius 1 is 1.15 bits per heavy atom. The first kappa shape index (κ1) is 36.0. The van der Waals surface area contributed by atoms with Crippen molar-refractivity contribution < 1.29 is 28.6 Å². The molecule has 5 heterocycles. The molecule has 0 aromatic rings. The fraction of sp³-hybridized carbons (Fsp3) is 0.889. The Morgan fingerprint density at radius 3 is 2.62 bits per heavy atom. The number of fused-ring (bicyclic) bond motifs is 5. The number of urea groups is 1. The van der Waals surface area contributed by atoms with Gasteiger partial charge < -0.3 is 35.0 Å². The van der Waals surface area contributed by atoms with E-state index in [-0.39, 0.29) is 96.8 Å². The van der Waals surface area contributed by atoms with Crippen molar-refractivity contribution in [1.29, 1.82) is 0 Å². The molecule has 48 heavy (non-hydrogen) atoms. The number of aliphatic hydroxyl groups excluding tert-OH is 1. The van der Waals surface area contributed by atoms with Crippen LogP contribution in [0, 0.1) is 29.6 Å². The van der Waals surface area contributed by atoms with Crippen molar-refractivity contribution in [3.05, 3.63) is 12.7 Å². The monoisotopic (exact) mass is 676 g/mol. The highest BCUT2D eigenvalue weighted by molar-refractivity contribution is 5.87. The zero-order chi connectivity index (χ0) is 34.4. The molecule has 4 N–H and O–H groups in total. The third-order valence-electron chi connectivity index (χ3n) is 12.7. The Bertz CT molecular complexity index is 1160.